The highest BCUT2D eigenvalue weighted by molar-refractivity contribution is 5.93. The van der Waals surface area contributed by atoms with Crippen LogP contribution in [0, 0.1) is 17.3 Å². The van der Waals surface area contributed by atoms with Crippen molar-refractivity contribution >= 4 is 11.9 Å². The summed E-state index contributed by atoms with van der Waals surface area (Å²) in [6, 6.07) is 0. The molecule has 0 aromatic carbocycles. The molecule has 3 rings (SSSR count). The number of aliphatic hydroxyl groups is 2. The summed E-state index contributed by atoms with van der Waals surface area (Å²) in [6.07, 6.45) is 1.02. The number of ether oxygens (including phenoxy) is 2. The van der Waals surface area contributed by atoms with Gasteiger partial charge in [-0.2, -0.15) is 0 Å². The fourth-order valence-corrected chi connectivity index (χ4v) is 4.26. The van der Waals surface area contributed by atoms with E-state index in [2.05, 4.69) is 0 Å². The van der Waals surface area contributed by atoms with Crippen molar-refractivity contribution in [3.05, 3.63) is 22.8 Å². The molecular formula is C19H26O6. The summed E-state index contributed by atoms with van der Waals surface area (Å²) in [6.45, 7) is 8.87. The van der Waals surface area contributed by atoms with Gasteiger partial charge in [0.2, 0.25) is 5.79 Å². The summed E-state index contributed by atoms with van der Waals surface area (Å²) in [5, 5.41) is 21.4. The molecule has 0 bridgehead atoms. The summed E-state index contributed by atoms with van der Waals surface area (Å²) < 4.78 is 11.0. The molecule has 138 valence electrons. The average Bonchev–Trinajstić information content (AvgIpc) is 2.75. The minimum atomic E-state index is -1.78. The first kappa shape index (κ1) is 18.1. The van der Waals surface area contributed by atoms with Gasteiger partial charge in [-0.15, -0.1) is 0 Å². The molecular weight excluding hydrogens is 324 g/mol. The van der Waals surface area contributed by atoms with Crippen LogP contribution in [-0.2, 0) is 19.1 Å². The van der Waals surface area contributed by atoms with Crippen molar-refractivity contribution in [2.45, 2.75) is 65.5 Å². The second kappa shape index (κ2) is 5.68. The van der Waals surface area contributed by atoms with Gasteiger partial charge < -0.3 is 19.7 Å². The summed E-state index contributed by atoms with van der Waals surface area (Å²) in [7, 11) is 0. The monoisotopic (exact) mass is 350 g/mol. The van der Waals surface area contributed by atoms with Crippen LogP contribution in [0.4, 0.5) is 0 Å². The van der Waals surface area contributed by atoms with Gasteiger partial charge in [-0.25, -0.2) is 4.79 Å². The Kier molecular flexibility index (Phi) is 4.12. The molecule has 0 aromatic heterocycles. The molecule has 0 spiro atoms. The number of aliphatic hydroxyl groups excluding tert-OH is 1. The van der Waals surface area contributed by atoms with Crippen LogP contribution >= 0.6 is 0 Å². The number of fused-ring (bicyclic) bond motifs is 2. The van der Waals surface area contributed by atoms with Gasteiger partial charge in [0.15, 0.2) is 0 Å². The van der Waals surface area contributed by atoms with Gasteiger partial charge in [0.05, 0.1) is 17.6 Å². The van der Waals surface area contributed by atoms with Gasteiger partial charge in [-0.1, -0.05) is 39.3 Å². The molecule has 0 radical (unpaired) electrons. The van der Waals surface area contributed by atoms with Crippen molar-refractivity contribution in [3.8, 4) is 0 Å². The van der Waals surface area contributed by atoms with Crippen LogP contribution in [0.5, 0.6) is 0 Å². The van der Waals surface area contributed by atoms with Crippen LogP contribution in [0.15, 0.2) is 22.8 Å². The topological polar surface area (TPSA) is 93.1 Å². The molecule has 6 heteroatoms. The van der Waals surface area contributed by atoms with E-state index < -0.39 is 35.3 Å². The largest absolute Gasteiger partial charge is 0.456 e. The summed E-state index contributed by atoms with van der Waals surface area (Å²) in [5.74, 6) is -3.36. The Morgan fingerprint density at radius 2 is 2.08 bits per heavy atom. The maximum atomic E-state index is 12.4. The van der Waals surface area contributed by atoms with Gasteiger partial charge in [-0.05, 0) is 19.3 Å². The smallest absolute Gasteiger partial charge is 0.336 e. The van der Waals surface area contributed by atoms with E-state index in [0.717, 1.165) is 5.57 Å². The lowest BCUT2D eigenvalue weighted by molar-refractivity contribution is -0.201. The Balaban J connectivity index is 2.18. The van der Waals surface area contributed by atoms with E-state index in [9.17, 15) is 19.8 Å². The minimum absolute atomic E-state index is 0.134. The summed E-state index contributed by atoms with van der Waals surface area (Å²) >= 11 is 0. The van der Waals surface area contributed by atoms with Gasteiger partial charge >= 0.3 is 11.9 Å². The first-order valence-electron chi connectivity index (χ1n) is 8.77. The molecule has 1 saturated carbocycles. The third-order valence-corrected chi connectivity index (χ3v) is 6.16. The van der Waals surface area contributed by atoms with Gasteiger partial charge in [-0.3, -0.25) is 4.79 Å². The van der Waals surface area contributed by atoms with E-state index >= 15 is 0 Å². The number of carbonyl (C=O) groups is 2. The molecule has 1 aliphatic heterocycles. The molecule has 5 unspecified atom stereocenters. The molecule has 6 nitrogen and oxygen atoms in total. The maximum absolute atomic E-state index is 12.4. The molecule has 0 aromatic rings. The molecule has 25 heavy (non-hydrogen) atoms. The maximum Gasteiger partial charge on any atom is 0.336 e. The predicted molar refractivity (Wildman–Crippen MR) is 89.1 cm³/mol. The van der Waals surface area contributed by atoms with Crippen LogP contribution in [0.1, 0.15) is 47.5 Å². The fraction of sp³-hybridized carbons (Fsp3) is 0.684. The molecule has 0 amide bonds. The lowest BCUT2D eigenvalue weighted by atomic mass is 9.55. The standard InChI is InChI=1S/C19H26O6/c1-9(2)16(21)24-15-14-10(3)17(22)25-19(14,23)8-12-6-7-13(20)11(4)18(12,15)5/h6,9,11,13,15,20,23H,7-8H2,1-5H3. The third kappa shape index (κ3) is 2.46. The average molecular weight is 350 g/mol. The second-order valence-corrected chi connectivity index (χ2v) is 7.96. The van der Waals surface area contributed by atoms with Crippen LogP contribution in [0.3, 0.4) is 0 Å². The molecule has 1 heterocycles. The lowest BCUT2D eigenvalue weighted by Crippen LogP contribution is -2.58. The molecule has 5 atom stereocenters. The zero-order chi connectivity index (χ0) is 18.7. The number of carbonyl (C=O) groups excluding carboxylic acids is 2. The van der Waals surface area contributed by atoms with E-state index in [1.54, 1.807) is 20.8 Å². The van der Waals surface area contributed by atoms with Crippen molar-refractivity contribution in [2.24, 2.45) is 17.3 Å². The SMILES string of the molecule is CC1=C2C(OC(=O)C(C)C)C3(C)C(=CCC(O)C3C)CC2(O)OC1=O. The van der Waals surface area contributed by atoms with E-state index in [4.69, 9.17) is 9.47 Å². The Labute approximate surface area is 147 Å². The number of rotatable bonds is 2. The van der Waals surface area contributed by atoms with Crippen molar-refractivity contribution in [3.63, 3.8) is 0 Å². The minimum Gasteiger partial charge on any atom is -0.456 e. The van der Waals surface area contributed by atoms with Crippen molar-refractivity contribution in [1.29, 1.82) is 0 Å². The van der Waals surface area contributed by atoms with Crippen LogP contribution < -0.4 is 0 Å². The fourth-order valence-electron chi connectivity index (χ4n) is 4.26. The van der Waals surface area contributed by atoms with Crippen molar-refractivity contribution in [1.82, 2.24) is 0 Å². The van der Waals surface area contributed by atoms with Crippen molar-refractivity contribution in [2.75, 3.05) is 0 Å². The van der Waals surface area contributed by atoms with E-state index in [0.29, 0.717) is 12.0 Å². The summed E-state index contributed by atoms with van der Waals surface area (Å²) in [4.78, 5) is 24.5. The lowest BCUT2D eigenvalue weighted by Gasteiger charge is -2.53. The first-order valence-corrected chi connectivity index (χ1v) is 8.77. The molecule has 3 aliphatic rings. The zero-order valence-electron chi connectivity index (χ0n) is 15.3. The normalized spacial score (nSPS) is 40.4. The third-order valence-electron chi connectivity index (χ3n) is 6.16. The Bertz CT molecular complexity index is 690. The van der Waals surface area contributed by atoms with E-state index in [1.165, 1.54) is 0 Å². The van der Waals surface area contributed by atoms with Crippen LogP contribution in [-0.4, -0.2) is 40.1 Å². The Morgan fingerprint density at radius 3 is 2.68 bits per heavy atom. The predicted octanol–water partition coefficient (Wildman–Crippen LogP) is 1.85. The molecule has 2 N–H and O–H groups in total. The summed E-state index contributed by atoms with van der Waals surface area (Å²) in [5.41, 5.74) is 0.725. The zero-order valence-corrected chi connectivity index (χ0v) is 15.3. The van der Waals surface area contributed by atoms with Crippen molar-refractivity contribution < 1.29 is 29.3 Å². The highest BCUT2D eigenvalue weighted by atomic mass is 16.7. The Hall–Kier alpha value is -1.66. The van der Waals surface area contributed by atoms with E-state index in [1.807, 2.05) is 19.9 Å². The van der Waals surface area contributed by atoms with Crippen LogP contribution in [0.25, 0.3) is 0 Å². The number of hydrogen-bond acceptors (Lipinski definition) is 6. The van der Waals surface area contributed by atoms with E-state index in [-0.39, 0.29) is 23.8 Å². The molecule has 2 aliphatic carbocycles. The first-order chi connectivity index (χ1) is 11.5. The Morgan fingerprint density at radius 1 is 1.44 bits per heavy atom. The second-order valence-electron chi connectivity index (χ2n) is 7.96. The van der Waals surface area contributed by atoms with Gasteiger partial charge in [0, 0.05) is 17.4 Å². The van der Waals surface area contributed by atoms with Gasteiger partial charge in [0.25, 0.3) is 0 Å². The quantitative estimate of drug-likeness (QED) is 0.583. The number of esters is 2. The van der Waals surface area contributed by atoms with Gasteiger partial charge in [0.1, 0.15) is 6.10 Å². The highest BCUT2D eigenvalue weighted by Gasteiger charge is 2.63. The number of hydrogen-bond donors (Lipinski definition) is 2. The highest BCUT2D eigenvalue weighted by Crippen LogP contribution is 2.58. The van der Waals surface area contributed by atoms with Crippen LogP contribution in [0.2, 0.25) is 0 Å². The molecule has 0 saturated heterocycles. The molecule has 1 fully saturated rings.